The van der Waals surface area contributed by atoms with Crippen LogP contribution in [0.4, 0.5) is 0 Å². The molecule has 1 aromatic heterocycles. The van der Waals surface area contributed by atoms with Gasteiger partial charge in [-0.1, -0.05) is 13.3 Å². The topological polar surface area (TPSA) is 38.2 Å². The highest BCUT2D eigenvalue weighted by Crippen LogP contribution is 2.18. The maximum Gasteiger partial charge on any atom is 0.217 e. The predicted octanol–water partition coefficient (Wildman–Crippen LogP) is 2.66. The van der Waals surface area contributed by atoms with Crippen LogP contribution in [-0.2, 0) is 6.42 Å². The smallest absolute Gasteiger partial charge is 0.217 e. The van der Waals surface area contributed by atoms with E-state index >= 15 is 0 Å². The van der Waals surface area contributed by atoms with Crippen LogP contribution in [0.5, 0.6) is 5.88 Å². The van der Waals surface area contributed by atoms with Gasteiger partial charge >= 0.3 is 0 Å². The number of hydrogen-bond acceptors (Lipinski definition) is 4. The van der Waals surface area contributed by atoms with Crippen LogP contribution < -0.4 is 4.74 Å². The Morgan fingerprint density at radius 1 is 1.44 bits per heavy atom. The molecule has 1 aliphatic heterocycles. The van der Waals surface area contributed by atoms with Crippen molar-refractivity contribution in [3.8, 4) is 5.88 Å². The molecule has 2 rings (SSSR count). The van der Waals surface area contributed by atoms with Crippen LogP contribution in [0, 0.1) is 0 Å². The van der Waals surface area contributed by atoms with Gasteiger partial charge in [-0.2, -0.15) is 4.98 Å². The molecule has 100 valence electrons. The lowest BCUT2D eigenvalue weighted by Crippen LogP contribution is -2.40. The van der Waals surface area contributed by atoms with Gasteiger partial charge in [0.1, 0.15) is 17.0 Å². The molecule has 0 saturated carbocycles. The zero-order chi connectivity index (χ0) is 13.0. The number of ether oxygens (including phenoxy) is 1. The minimum Gasteiger partial charge on any atom is -0.476 e. The van der Waals surface area contributed by atoms with E-state index in [0.29, 0.717) is 18.5 Å². The van der Waals surface area contributed by atoms with Crippen LogP contribution in [0.3, 0.4) is 0 Å². The van der Waals surface area contributed by atoms with E-state index in [9.17, 15) is 0 Å². The Kier molecular flexibility index (Phi) is 4.95. The molecule has 0 spiro atoms. The molecule has 5 heteroatoms. The number of aromatic nitrogens is 2. The second-order valence-electron chi connectivity index (χ2n) is 4.74. The van der Waals surface area contributed by atoms with E-state index in [0.717, 1.165) is 16.8 Å². The maximum absolute atomic E-state index is 5.82. The minimum atomic E-state index is 0.512. The molecule has 18 heavy (non-hydrogen) atoms. The summed E-state index contributed by atoms with van der Waals surface area (Å²) in [5.74, 6) is 1.49. The number of hydrogen-bond donors (Lipinski definition) is 0. The Morgan fingerprint density at radius 3 is 3.00 bits per heavy atom. The van der Waals surface area contributed by atoms with Crippen LogP contribution >= 0.6 is 15.9 Å². The zero-order valence-corrected chi connectivity index (χ0v) is 12.6. The van der Waals surface area contributed by atoms with Crippen molar-refractivity contribution in [1.29, 1.82) is 0 Å². The Bertz CT molecular complexity index is 400. The molecule has 1 saturated heterocycles. The summed E-state index contributed by atoms with van der Waals surface area (Å²) in [6.45, 7) is 3.92. The van der Waals surface area contributed by atoms with Crippen molar-refractivity contribution < 1.29 is 4.74 Å². The molecule has 1 unspecified atom stereocenters. The second kappa shape index (κ2) is 6.48. The summed E-state index contributed by atoms with van der Waals surface area (Å²) in [4.78, 5) is 11.0. The number of piperidine rings is 1. The van der Waals surface area contributed by atoms with E-state index in [1.165, 1.54) is 25.8 Å². The van der Waals surface area contributed by atoms with E-state index in [-0.39, 0.29) is 0 Å². The number of nitrogens with zero attached hydrogens (tertiary/aromatic N) is 3. The van der Waals surface area contributed by atoms with Gasteiger partial charge in [0, 0.05) is 18.5 Å². The number of halogens is 1. The highest BCUT2D eigenvalue weighted by atomic mass is 79.9. The third kappa shape index (κ3) is 3.65. The fraction of sp³-hybridized carbons (Fsp3) is 0.692. The number of aryl methyl sites for hydroxylation is 1. The van der Waals surface area contributed by atoms with E-state index in [1.54, 1.807) is 0 Å². The van der Waals surface area contributed by atoms with Gasteiger partial charge in [-0.25, -0.2) is 4.98 Å². The lowest BCUT2D eigenvalue weighted by atomic mass is 10.0. The molecule has 1 aliphatic rings. The van der Waals surface area contributed by atoms with Gasteiger partial charge in [0.15, 0.2) is 0 Å². The van der Waals surface area contributed by atoms with Crippen molar-refractivity contribution in [2.45, 2.75) is 38.6 Å². The van der Waals surface area contributed by atoms with Crippen molar-refractivity contribution in [3.63, 3.8) is 0 Å². The molecule has 1 fully saturated rings. The fourth-order valence-electron chi connectivity index (χ4n) is 2.21. The van der Waals surface area contributed by atoms with Crippen molar-refractivity contribution in [1.82, 2.24) is 14.9 Å². The molecule has 0 N–H and O–H groups in total. The van der Waals surface area contributed by atoms with Crippen LogP contribution in [-0.4, -0.2) is 41.1 Å². The third-order valence-electron chi connectivity index (χ3n) is 3.38. The van der Waals surface area contributed by atoms with Crippen molar-refractivity contribution in [2.75, 3.05) is 20.2 Å². The number of likely N-dealkylation sites (N-methyl/N-ethyl adjacent to an activating group) is 1. The Balaban J connectivity index is 1.94. The second-order valence-corrected chi connectivity index (χ2v) is 5.55. The quantitative estimate of drug-likeness (QED) is 0.801. The largest absolute Gasteiger partial charge is 0.476 e. The Hall–Kier alpha value is -0.680. The fourth-order valence-corrected chi connectivity index (χ4v) is 2.61. The normalized spacial score (nSPS) is 20.9. The summed E-state index contributed by atoms with van der Waals surface area (Å²) >= 11 is 3.39. The minimum absolute atomic E-state index is 0.512. The first kappa shape index (κ1) is 13.7. The first-order chi connectivity index (χ1) is 8.69. The molecule has 0 aliphatic carbocycles. The molecule has 0 amide bonds. The van der Waals surface area contributed by atoms with E-state index < -0.39 is 0 Å². The van der Waals surface area contributed by atoms with Crippen molar-refractivity contribution in [2.24, 2.45) is 0 Å². The first-order valence-electron chi connectivity index (χ1n) is 6.55. The van der Waals surface area contributed by atoms with Gasteiger partial charge in [-0.3, -0.25) is 0 Å². The lowest BCUT2D eigenvalue weighted by molar-refractivity contribution is 0.122. The summed E-state index contributed by atoms with van der Waals surface area (Å²) in [7, 11) is 2.17. The van der Waals surface area contributed by atoms with Crippen LogP contribution in [0.2, 0.25) is 0 Å². The number of likely N-dealkylation sites (tertiary alicyclic amines) is 1. The highest BCUT2D eigenvalue weighted by molar-refractivity contribution is 9.10. The van der Waals surface area contributed by atoms with Crippen molar-refractivity contribution >= 4 is 15.9 Å². The molecule has 2 heterocycles. The Morgan fingerprint density at radius 2 is 2.28 bits per heavy atom. The predicted molar refractivity (Wildman–Crippen MR) is 74.9 cm³/mol. The summed E-state index contributed by atoms with van der Waals surface area (Å²) in [6.07, 6.45) is 4.63. The summed E-state index contributed by atoms with van der Waals surface area (Å²) in [6, 6.07) is 2.35. The molecule has 0 bridgehead atoms. The maximum atomic E-state index is 5.82. The molecule has 1 aromatic rings. The van der Waals surface area contributed by atoms with Gasteiger partial charge in [-0.15, -0.1) is 0 Å². The third-order valence-corrected chi connectivity index (χ3v) is 3.79. The standard InChI is InChI=1S/C13H20BrN3O/c1-3-12-15-11(14)8-13(16-12)18-9-10-6-4-5-7-17(10)2/h8,10H,3-7,9H2,1-2H3. The van der Waals surface area contributed by atoms with Crippen LogP contribution in [0.25, 0.3) is 0 Å². The van der Waals surface area contributed by atoms with Crippen LogP contribution in [0.15, 0.2) is 10.7 Å². The average Bonchev–Trinajstić information content (AvgIpc) is 2.37. The Labute approximate surface area is 117 Å². The summed E-state index contributed by atoms with van der Waals surface area (Å²) in [5, 5.41) is 0. The first-order valence-corrected chi connectivity index (χ1v) is 7.35. The highest BCUT2D eigenvalue weighted by Gasteiger charge is 2.19. The summed E-state index contributed by atoms with van der Waals surface area (Å²) < 4.78 is 6.61. The average molecular weight is 314 g/mol. The number of rotatable bonds is 4. The molecular weight excluding hydrogens is 294 g/mol. The monoisotopic (exact) mass is 313 g/mol. The molecular formula is C13H20BrN3O. The summed E-state index contributed by atoms with van der Waals surface area (Å²) in [5.41, 5.74) is 0. The SMILES string of the molecule is CCc1nc(Br)cc(OCC2CCCCN2C)n1. The van der Waals surface area contributed by atoms with Gasteiger partial charge in [0.25, 0.3) is 0 Å². The molecule has 0 radical (unpaired) electrons. The zero-order valence-electron chi connectivity index (χ0n) is 11.0. The van der Waals surface area contributed by atoms with Gasteiger partial charge < -0.3 is 9.64 Å². The van der Waals surface area contributed by atoms with Gasteiger partial charge in [-0.05, 0) is 42.4 Å². The van der Waals surface area contributed by atoms with Gasteiger partial charge in [0.2, 0.25) is 5.88 Å². The van der Waals surface area contributed by atoms with E-state index in [1.807, 2.05) is 13.0 Å². The molecule has 4 nitrogen and oxygen atoms in total. The van der Waals surface area contributed by atoms with E-state index in [2.05, 4.69) is 37.8 Å². The van der Waals surface area contributed by atoms with Crippen LogP contribution in [0.1, 0.15) is 32.0 Å². The lowest BCUT2D eigenvalue weighted by Gasteiger charge is -2.31. The van der Waals surface area contributed by atoms with E-state index in [4.69, 9.17) is 4.74 Å². The molecule has 0 aromatic carbocycles. The van der Waals surface area contributed by atoms with Crippen molar-refractivity contribution in [3.05, 3.63) is 16.5 Å². The van der Waals surface area contributed by atoms with Gasteiger partial charge in [0.05, 0.1) is 0 Å². The molecule has 1 atom stereocenters.